The van der Waals surface area contributed by atoms with Crippen molar-refractivity contribution in [1.29, 1.82) is 0 Å². The maximum atomic E-state index is 12.6. The third-order valence-electron chi connectivity index (χ3n) is 4.14. The van der Waals surface area contributed by atoms with Gasteiger partial charge in [-0.3, -0.25) is 4.90 Å². The van der Waals surface area contributed by atoms with Crippen LogP contribution in [0.15, 0.2) is 24.3 Å². The second-order valence-electron chi connectivity index (χ2n) is 5.77. The minimum atomic E-state index is -0.923. The third kappa shape index (κ3) is 3.17. The van der Waals surface area contributed by atoms with Crippen molar-refractivity contribution in [3.63, 3.8) is 0 Å². The van der Waals surface area contributed by atoms with Gasteiger partial charge < -0.3 is 10.0 Å². The number of urea groups is 1. The predicted molar refractivity (Wildman–Crippen MR) is 81.5 cm³/mol. The molecule has 2 atom stereocenters. The van der Waals surface area contributed by atoms with E-state index in [0.29, 0.717) is 6.54 Å². The molecule has 5 heteroatoms. The van der Waals surface area contributed by atoms with Crippen LogP contribution >= 0.6 is 0 Å². The first-order valence-corrected chi connectivity index (χ1v) is 7.25. The molecule has 5 nitrogen and oxygen atoms in total. The summed E-state index contributed by atoms with van der Waals surface area (Å²) in [4.78, 5) is 27.1. The molecule has 1 aliphatic rings. The lowest BCUT2D eigenvalue weighted by Gasteiger charge is -2.39. The summed E-state index contributed by atoms with van der Waals surface area (Å²) >= 11 is 0. The van der Waals surface area contributed by atoms with Gasteiger partial charge >= 0.3 is 12.0 Å². The molecule has 1 saturated heterocycles. The molecule has 2 rings (SSSR count). The quantitative estimate of drug-likeness (QED) is 0.911. The molecular formula is C16H22N2O3. The number of aliphatic carboxylic acids is 1. The molecule has 0 saturated carbocycles. The maximum absolute atomic E-state index is 12.6. The molecule has 0 spiro atoms. The summed E-state index contributed by atoms with van der Waals surface area (Å²) < 4.78 is 0. The Morgan fingerprint density at radius 2 is 1.90 bits per heavy atom. The number of carboxylic acid groups (broad SMARTS) is 1. The van der Waals surface area contributed by atoms with Gasteiger partial charge in [-0.25, -0.2) is 9.59 Å². The zero-order chi connectivity index (χ0) is 15.6. The second-order valence-corrected chi connectivity index (χ2v) is 5.77. The van der Waals surface area contributed by atoms with Crippen LogP contribution in [0.4, 0.5) is 10.5 Å². The molecule has 1 aromatic carbocycles. The summed E-state index contributed by atoms with van der Waals surface area (Å²) in [5, 5.41) is 9.40. The predicted octanol–water partition coefficient (Wildman–Crippen LogP) is 2.74. The van der Waals surface area contributed by atoms with E-state index in [4.69, 9.17) is 0 Å². The van der Waals surface area contributed by atoms with Crippen LogP contribution in [-0.2, 0) is 4.79 Å². The van der Waals surface area contributed by atoms with Crippen LogP contribution in [0.2, 0.25) is 0 Å². The van der Waals surface area contributed by atoms with E-state index in [1.165, 1.54) is 9.80 Å². The van der Waals surface area contributed by atoms with Gasteiger partial charge in [-0.05, 0) is 37.8 Å². The van der Waals surface area contributed by atoms with Gasteiger partial charge in [0.2, 0.25) is 0 Å². The maximum Gasteiger partial charge on any atom is 0.326 e. The van der Waals surface area contributed by atoms with Gasteiger partial charge in [-0.2, -0.15) is 0 Å². The van der Waals surface area contributed by atoms with Crippen LogP contribution in [-0.4, -0.2) is 41.6 Å². The van der Waals surface area contributed by atoms with E-state index < -0.39 is 12.0 Å². The van der Waals surface area contributed by atoms with E-state index in [2.05, 4.69) is 0 Å². The summed E-state index contributed by atoms with van der Waals surface area (Å²) in [6.45, 7) is 4.37. The van der Waals surface area contributed by atoms with Gasteiger partial charge in [-0.15, -0.1) is 0 Å². The molecule has 1 heterocycles. The number of amides is 2. The zero-order valence-electron chi connectivity index (χ0n) is 12.7. The first-order valence-electron chi connectivity index (χ1n) is 7.25. The molecule has 0 aliphatic carbocycles. The highest BCUT2D eigenvalue weighted by Crippen LogP contribution is 2.26. The number of aryl methyl sites for hydroxylation is 1. The van der Waals surface area contributed by atoms with Crippen molar-refractivity contribution in [3.05, 3.63) is 29.8 Å². The van der Waals surface area contributed by atoms with Crippen molar-refractivity contribution in [1.82, 2.24) is 4.90 Å². The number of anilines is 1. The highest BCUT2D eigenvalue weighted by molar-refractivity contribution is 5.94. The van der Waals surface area contributed by atoms with Gasteiger partial charge in [0.25, 0.3) is 0 Å². The number of hydrogen-bond acceptors (Lipinski definition) is 2. The number of hydrogen-bond donors (Lipinski definition) is 1. The van der Waals surface area contributed by atoms with Gasteiger partial charge in [0, 0.05) is 19.3 Å². The Hall–Kier alpha value is -2.04. The van der Waals surface area contributed by atoms with Crippen molar-refractivity contribution in [2.75, 3.05) is 18.5 Å². The van der Waals surface area contributed by atoms with E-state index in [-0.39, 0.29) is 11.9 Å². The highest BCUT2D eigenvalue weighted by Gasteiger charge is 2.38. The monoisotopic (exact) mass is 290 g/mol. The third-order valence-corrected chi connectivity index (χ3v) is 4.14. The number of carbonyl (C=O) groups excluding carboxylic acids is 1. The molecule has 1 aromatic rings. The topological polar surface area (TPSA) is 60.9 Å². The fraction of sp³-hybridized carbons (Fsp3) is 0.500. The summed E-state index contributed by atoms with van der Waals surface area (Å²) in [5.41, 5.74) is 1.89. The zero-order valence-corrected chi connectivity index (χ0v) is 12.7. The number of piperidine rings is 1. The number of benzene rings is 1. The molecule has 114 valence electrons. The smallest absolute Gasteiger partial charge is 0.326 e. The van der Waals surface area contributed by atoms with Crippen molar-refractivity contribution >= 4 is 17.7 Å². The Balaban J connectivity index is 2.20. The van der Waals surface area contributed by atoms with Gasteiger partial charge in [0.1, 0.15) is 6.04 Å². The van der Waals surface area contributed by atoms with Crippen LogP contribution < -0.4 is 4.90 Å². The average molecular weight is 290 g/mol. The Labute approximate surface area is 125 Å². The highest BCUT2D eigenvalue weighted by atomic mass is 16.4. The number of carboxylic acids is 1. The van der Waals surface area contributed by atoms with Crippen LogP contribution in [0.3, 0.4) is 0 Å². The van der Waals surface area contributed by atoms with E-state index in [1.54, 1.807) is 7.05 Å². The van der Waals surface area contributed by atoms with Crippen LogP contribution in [0.5, 0.6) is 0 Å². The van der Waals surface area contributed by atoms with Crippen LogP contribution in [0.1, 0.15) is 25.3 Å². The molecule has 1 N–H and O–H groups in total. The number of likely N-dealkylation sites (tertiary alicyclic amines) is 1. The Morgan fingerprint density at radius 1 is 1.29 bits per heavy atom. The van der Waals surface area contributed by atoms with Gasteiger partial charge in [0.05, 0.1) is 0 Å². The molecule has 2 unspecified atom stereocenters. The number of nitrogens with zero attached hydrogens (tertiary/aromatic N) is 2. The lowest BCUT2D eigenvalue weighted by molar-refractivity contribution is -0.145. The molecule has 2 amide bonds. The minimum absolute atomic E-state index is 0.0217. The summed E-state index contributed by atoms with van der Waals surface area (Å²) in [7, 11) is 1.69. The summed E-state index contributed by atoms with van der Waals surface area (Å²) in [6, 6.07) is 6.63. The van der Waals surface area contributed by atoms with Crippen molar-refractivity contribution in [2.24, 2.45) is 5.92 Å². The average Bonchev–Trinajstić information content (AvgIpc) is 2.46. The molecule has 0 radical (unpaired) electrons. The molecular weight excluding hydrogens is 268 g/mol. The first kappa shape index (κ1) is 15.4. The molecule has 1 aliphatic heterocycles. The van der Waals surface area contributed by atoms with Crippen molar-refractivity contribution in [3.8, 4) is 0 Å². The standard InChI is InChI=1S/C16H22N2O3/c1-11-6-8-13(9-7-11)17(3)16(21)18-10-4-5-12(2)14(18)15(19)20/h6-9,12,14H,4-5,10H2,1-3H3,(H,19,20). The van der Waals surface area contributed by atoms with E-state index in [0.717, 1.165) is 24.1 Å². The molecule has 1 fully saturated rings. The Kier molecular flexibility index (Phi) is 4.50. The van der Waals surface area contributed by atoms with Gasteiger partial charge in [-0.1, -0.05) is 24.6 Å². The second kappa shape index (κ2) is 6.16. The largest absolute Gasteiger partial charge is 0.480 e. The Morgan fingerprint density at radius 3 is 2.48 bits per heavy atom. The van der Waals surface area contributed by atoms with E-state index in [1.807, 2.05) is 38.1 Å². The summed E-state index contributed by atoms with van der Waals surface area (Å²) in [6.07, 6.45) is 1.69. The van der Waals surface area contributed by atoms with E-state index >= 15 is 0 Å². The van der Waals surface area contributed by atoms with Crippen molar-refractivity contribution < 1.29 is 14.7 Å². The number of rotatable bonds is 2. The Bertz CT molecular complexity index is 527. The fourth-order valence-electron chi connectivity index (χ4n) is 2.85. The molecule has 21 heavy (non-hydrogen) atoms. The van der Waals surface area contributed by atoms with Gasteiger partial charge in [0.15, 0.2) is 0 Å². The lowest BCUT2D eigenvalue weighted by Crippen LogP contribution is -2.55. The normalized spacial score (nSPS) is 22.0. The van der Waals surface area contributed by atoms with Crippen molar-refractivity contribution in [2.45, 2.75) is 32.7 Å². The lowest BCUT2D eigenvalue weighted by atomic mass is 9.91. The number of carbonyl (C=O) groups is 2. The fourth-order valence-corrected chi connectivity index (χ4v) is 2.85. The first-order chi connectivity index (χ1) is 9.91. The SMILES string of the molecule is Cc1ccc(N(C)C(=O)N2CCCC(C)C2C(=O)O)cc1. The molecule has 0 bridgehead atoms. The molecule has 0 aromatic heterocycles. The van der Waals surface area contributed by atoms with Crippen LogP contribution in [0, 0.1) is 12.8 Å². The van der Waals surface area contributed by atoms with E-state index in [9.17, 15) is 14.7 Å². The summed E-state index contributed by atoms with van der Waals surface area (Å²) in [5.74, 6) is -0.945. The minimum Gasteiger partial charge on any atom is -0.480 e. The van der Waals surface area contributed by atoms with Crippen LogP contribution in [0.25, 0.3) is 0 Å².